The predicted octanol–water partition coefficient (Wildman–Crippen LogP) is 2.18. The Morgan fingerprint density at radius 1 is 1.22 bits per heavy atom. The Kier molecular flexibility index (Phi) is 3.81. The van der Waals surface area contributed by atoms with Crippen molar-refractivity contribution in [1.29, 1.82) is 0 Å². The van der Waals surface area contributed by atoms with Gasteiger partial charge in [0.2, 0.25) is 0 Å². The molecule has 3 aromatic rings. The number of nitrogens with one attached hydrogen (secondary N) is 1. The van der Waals surface area contributed by atoms with Crippen LogP contribution in [0.25, 0.3) is 5.65 Å². The molecule has 0 saturated carbocycles. The van der Waals surface area contributed by atoms with E-state index in [1.807, 2.05) is 18.6 Å². The zero-order valence-electron chi connectivity index (χ0n) is 13.3. The molecule has 4 heterocycles. The van der Waals surface area contributed by atoms with Crippen molar-refractivity contribution >= 4 is 5.65 Å². The molecule has 1 fully saturated rings. The third-order valence-corrected chi connectivity index (χ3v) is 4.54. The van der Waals surface area contributed by atoms with Gasteiger partial charge >= 0.3 is 0 Å². The van der Waals surface area contributed by atoms with E-state index in [9.17, 15) is 0 Å². The molecule has 118 valence electrons. The van der Waals surface area contributed by atoms with Crippen molar-refractivity contribution in [2.75, 3.05) is 19.6 Å². The van der Waals surface area contributed by atoms with Gasteiger partial charge in [0.05, 0.1) is 11.9 Å². The number of piperazine rings is 1. The molecule has 4 rings (SSSR count). The first-order valence-electron chi connectivity index (χ1n) is 8.08. The summed E-state index contributed by atoms with van der Waals surface area (Å²) in [6, 6.07) is 8.79. The smallest absolute Gasteiger partial charge is 0.136 e. The predicted molar refractivity (Wildman–Crippen MR) is 90.2 cm³/mol. The number of rotatable bonds is 3. The number of pyridine rings is 2. The minimum absolute atomic E-state index is 0.377. The molecule has 1 saturated heterocycles. The first-order chi connectivity index (χ1) is 11.3. The SMILES string of the molecule is Cc1ccc2ncc(CN3CCNCC3c3ccncc3)n2c1. The fourth-order valence-corrected chi connectivity index (χ4v) is 3.31. The van der Waals surface area contributed by atoms with Crippen molar-refractivity contribution in [3.8, 4) is 0 Å². The molecule has 1 atom stereocenters. The van der Waals surface area contributed by atoms with Crippen LogP contribution < -0.4 is 5.32 Å². The molecule has 0 amide bonds. The highest BCUT2D eigenvalue weighted by molar-refractivity contribution is 5.41. The van der Waals surface area contributed by atoms with Crippen LogP contribution in [0.5, 0.6) is 0 Å². The Hall–Kier alpha value is -2.24. The monoisotopic (exact) mass is 307 g/mol. The average molecular weight is 307 g/mol. The molecule has 23 heavy (non-hydrogen) atoms. The summed E-state index contributed by atoms with van der Waals surface area (Å²) in [4.78, 5) is 11.2. The van der Waals surface area contributed by atoms with Gasteiger partial charge in [-0.05, 0) is 36.2 Å². The van der Waals surface area contributed by atoms with Crippen molar-refractivity contribution < 1.29 is 0 Å². The maximum atomic E-state index is 4.53. The van der Waals surface area contributed by atoms with Gasteiger partial charge in [-0.2, -0.15) is 0 Å². The molecule has 0 spiro atoms. The maximum absolute atomic E-state index is 4.53. The summed E-state index contributed by atoms with van der Waals surface area (Å²) < 4.78 is 2.21. The highest BCUT2D eigenvalue weighted by Gasteiger charge is 2.24. The Balaban J connectivity index is 1.64. The van der Waals surface area contributed by atoms with Crippen LogP contribution in [-0.2, 0) is 6.54 Å². The first-order valence-corrected chi connectivity index (χ1v) is 8.08. The molecule has 0 bridgehead atoms. The largest absolute Gasteiger partial charge is 0.314 e. The van der Waals surface area contributed by atoms with Gasteiger partial charge in [0.1, 0.15) is 5.65 Å². The van der Waals surface area contributed by atoms with E-state index in [0.717, 1.165) is 31.8 Å². The molecule has 5 nitrogen and oxygen atoms in total. The Bertz CT molecular complexity index is 796. The van der Waals surface area contributed by atoms with Crippen LogP contribution in [0.2, 0.25) is 0 Å². The molecule has 0 aromatic carbocycles. The van der Waals surface area contributed by atoms with Gasteiger partial charge in [0.25, 0.3) is 0 Å². The number of hydrogen-bond donors (Lipinski definition) is 1. The van der Waals surface area contributed by atoms with Gasteiger partial charge in [-0.15, -0.1) is 0 Å². The van der Waals surface area contributed by atoms with Crippen molar-refractivity contribution in [3.63, 3.8) is 0 Å². The molecule has 1 N–H and O–H groups in total. The molecular weight excluding hydrogens is 286 g/mol. The second-order valence-corrected chi connectivity index (χ2v) is 6.16. The van der Waals surface area contributed by atoms with Gasteiger partial charge in [0, 0.05) is 50.8 Å². The summed E-state index contributed by atoms with van der Waals surface area (Å²) in [6.07, 6.45) is 7.92. The van der Waals surface area contributed by atoms with Crippen molar-refractivity contribution in [3.05, 3.63) is 65.9 Å². The van der Waals surface area contributed by atoms with Crippen molar-refractivity contribution in [1.82, 2.24) is 24.6 Å². The quantitative estimate of drug-likeness (QED) is 0.805. The lowest BCUT2D eigenvalue weighted by atomic mass is 10.0. The van der Waals surface area contributed by atoms with E-state index in [1.165, 1.54) is 16.8 Å². The van der Waals surface area contributed by atoms with E-state index in [2.05, 4.69) is 62.0 Å². The number of fused-ring (bicyclic) bond motifs is 1. The summed E-state index contributed by atoms with van der Waals surface area (Å²) in [5, 5.41) is 3.50. The lowest BCUT2D eigenvalue weighted by Crippen LogP contribution is -2.45. The van der Waals surface area contributed by atoms with Crippen LogP contribution in [0.3, 0.4) is 0 Å². The van der Waals surface area contributed by atoms with Gasteiger partial charge in [0.15, 0.2) is 0 Å². The molecule has 3 aromatic heterocycles. The normalized spacial score (nSPS) is 19.3. The second kappa shape index (κ2) is 6.10. The second-order valence-electron chi connectivity index (χ2n) is 6.16. The summed E-state index contributed by atoms with van der Waals surface area (Å²) in [6.45, 7) is 6.05. The minimum Gasteiger partial charge on any atom is -0.314 e. The topological polar surface area (TPSA) is 45.5 Å². The number of imidazole rings is 1. The molecule has 1 aliphatic rings. The number of aromatic nitrogens is 3. The minimum atomic E-state index is 0.377. The van der Waals surface area contributed by atoms with Crippen LogP contribution in [-0.4, -0.2) is 38.9 Å². The fourth-order valence-electron chi connectivity index (χ4n) is 3.31. The maximum Gasteiger partial charge on any atom is 0.136 e. The van der Waals surface area contributed by atoms with Crippen molar-refractivity contribution in [2.24, 2.45) is 0 Å². The molecule has 1 unspecified atom stereocenters. The van der Waals surface area contributed by atoms with Gasteiger partial charge in [-0.3, -0.25) is 9.88 Å². The van der Waals surface area contributed by atoms with E-state index in [0.29, 0.717) is 6.04 Å². The summed E-state index contributed by atoms with van der Waals surface area (Å²) in [5.74, 6) is 0. The summed E-state index contributed by atoms with van der Waals surface area (Å²) in [7, 11) is 0. The van der Waals surface area contributed by atoms with Crippen LogP contribution >= 0.6 is 0 Å². The lowest BCUT2D eigenvalue weighted by Gasteiger charge is -2.36. The van der Waals surface area contributed by atoms with E-state index >= 15 is 0 Å². The Morgan fingerprint density at radius 3 is 2.96 bits per heavy atom. The third-order valence-electron chi connectivity index (χ3n) is 4.54. The zero-order valence-corrected chi connectivity index (χ0v) is 13.3. The highest BCUT2D eigenvalue weighted by atomic mass is 15.2. The average Bonchev–Trinajstić information content (AvgIpc) is 2.98. The number of hydrogen-bond acceptors (Lipinski definition) is 4. The summed E-state index contributed by atoms with van der Waals surface area (Å²) >= 11 is 0. The fraction of sp³-hybridized carbons (Fsp3) is 0.333. The molecular formula is C18H21N5. The van der Waals surface area contributed by atoms with Crippen LogP contribution in [0, 0.1) is 6.92 Å². The summed E-state index contributed by atoms with van der Waals surface area (Å²) in [5.41, 5.74) is 4.82. The van der Waals surface area contributed by atoms with Crippen LogP contribution in [0.4, 0.5) is 0 Å². The molecule has 5 heteroatoms. The molecule has 0 aliphatic carbocycles. The van der Waals surface area contributed by atoms with Gasteiger partial charge in [-0.1, -0.05) is 6.07 Å². The number of nitrogens with zero attached hydrogens (tertiary/aromatic N) is 4. The Labute approximate surface area is 136 Å². The van der Waals surface area contributed by atoms with E-state index < -0.39 is 0 Å². The van der Waals surface area contributed by atoms with Crippen molar-refractivity contribution in [2.45, 2.75) is 19.5 Å². The van der Waals surface area contributed by atoms with Gasteiger partial charge < -0.3 is 9.72 Å². The van der Waals surface area contributed by atoms with E-state index in [4.69, 9.17) is 0 Å². The zero-order chi connectivity index (χ0) is 15.6. The van der Waals surface area contributed by atoms with Crippen LogP contribution in [0.15, 0.2) is 49.1 Å². The van der Waals surface area contributed by atoms with Crippen LogP contribution in [0.1, 0.15) is 22.9 Å². The first kappa shape index (κ1) is 14.4. The van der Waals surface area contributed by atoms with Gasteiger partial charge in [-0.25, -0.2) is 4.98 Å². The van der Waals surface area contributed by atoms with E-state index in [1.54, 1.807) is 0 Å². The lowest BCUT2D eigenvalue weighted by molar-refractivity contribution is 0.151. The highest BCUT2D eigenvalue weighted by Crippen LogP contribution is 2.24. The standard InChI is InChI=1S/C18H21N5/c1-14-2-3-18-21-10-16(23(18)12-14)13-22-9-8-20-11-17(22)15-4-6-19-7-5-15/h2-7,10,12,17,20H,8-9,11,13H2,1H3. The Morgan fingerprint density at radius 2 is 2.09 bits per heavy atom. The molecule has 1 aliphatic heterocycles. The third kappa shape index (κ3) is 2.85. The van der Waals surface area contributed by atoms with E-state index in [-0.39, 0.29) is 0 Å². The number of aryl methyl sites for hydroxylation is 1. The molecule has 0 radical (unpaired) electrons.